The van der Waals surface area contributed by atoms with Crippen molar-refractivity contribution in [2.45, 2.75) is 20.3 Å². The maximum Gasteiger partial charge on any atom is 0.215 e. The zero-order valence-corrected chi connectivity index (χ0v) is 10.7. The number of hydrogen-bond donors (Lipinski definition) is 2. The lowest BCUT2D eigenvalue weighted by atomic mass is 10.3. The van der Waals surface area contributed by atoms with Crippen molar-refractivity contribution in [1.29, 1.82) is 0 Å². The van der Waals surface area contributed by atoms with Gasteiger partial charge in [-0.25, -0.2) is 4.98 Å². The van der Waals surface area contributed by atoms with Crippen LogP contribution in [0.1, 0.15) is 20.3 Å². The summed E-state index contributed by atoms with van der Waals surface area (Å²) >= 11 is 4.88. The van der Waals surface area contributed by atoms with Gasteiger partial charge >= 0.3 is 0 Å². The monoisotopic (exact) mass is 241 g/mol. The molecule has 5 nitrogen and oxygen atoms in total. The number of anilines is 1. The number of aromatic amines is 1. The summed E-state index contributed by atoms with van der Waals surface area (Å²) in [5.41, 5.74) is 0. The smallest absolute Gasteiger partial charge is 0.215 e. The number of nitrogens with one attached hydrogen (secondary N) is 2. The molecule has 0 fully saturated rings. The number of rotatable bonds is 7. The van der Waals surface area contributed by atoms with Crippen molar-refractivity contribution < 1.29 is 0 Å². The summed E-state index contributed by atoms with van der Waals surface area (Å²) in [6.07, 6.45) is 2.74. The van der Waals surface area contributed by atoms with E-state index in [-0.39, 0.29) is 0 Å². The Kier molecular flexibility index (Phi) is 5.95. The highest BCUT2D eigenvalue weighted by Gasteiger charge is 1.98. The molecule has 0 amide bonds. The lowest BCUT2D eigenvalue weighted by Gasteiger charge is -2.17. The summed E-state index contributed by atoms with van der Waals surface area (Å²) in [6.45, 7) is 8.56. The molecule has 0 atom stereocenters. The summed E-state index contributed by atoms with van der Waals surface area (Å²) in [5, 5.41) is 9.67. The highest BCUT2D eigenvalue weighted by molar-refractivity contribution is 7.71. The van der Waals surface area contributed by atoms with Crippen LogP contribution in [0.2, 0.25) is 0 Å². The summed E-state index contributed by atoms with van der Waals surface area (Å²) in [5.74, 6) is 0.739. The molecule has 0 aliphatic carbocycles. The lowest BCUT2D eigenvalue weighted by Crippen LogP contribution is -2.25. The highest BCUT2D eigenvalue weighted by atomic mass is 32.1. The fourth-order valence-electron chi connectivity index (χ4n) is 1.46. The Balaban J connectivity index is 2.23. The first-order chi connectivity index (χ1) is 7.76. The van der Waals surface area contributed by atoms with Gasteiger partial charge in [0.25, 0.3) is 0 Å². The van der Waals surface area contributed by atoms with Crippen molar-refractivity contribution in [3.63, 3.8) is 0 Å². The van der Waals surface area contributed by atoms with E-state index in [1.54, 1.807) is 6.20 Å². The normalized spacial score (nSPS) is 10.7. The van der Waals surface area contributed by atoms with Crippen LogP contribution in [0, 0.1) is 4.77 Å². The summed E-state index contributed by atoms with van der Waals surface area (Å²) in [7, 11) is 0. The van der Waals surface area contributed by atoms with Crippen LogP contribution >= 0.6 is 12.2 Å². The van der Waals surface area contributed by atoms with E-state index in [1.807, 2.05) is 0 Å². The number of nitrogens with zero attached hydrogens (tertiary/aromatic N) is 3. The number of aromatic nitrogens is 3. The molecule has 6 heteroatoms. The average molecular weight is 241 g/mol. The van der Waals surface area contributed by atoms with Gasteiger partial charge in [0.15, 0.2) is 0 Å². The van der Waals surface area contributed by atoms with Gasteiger partial charge in [-0.15, -0.1) is 0 Å². The Bertz CT molecular complexity index is 347. The first kappa shape index (κ1) is 13.1. The van der Waals surface area contributed by atoms with E-state index in [9.17, 15) is 0 Å². The van der Waals surface area contributed by atoms with Crippen molar-refractivity contribution in [1.82, 2.24) is 20.1 Å². The third-order valence-corrected chi connectivity index (χ3v) is 2.60. The molecule has 2 N–H and O–H groups in total. The number of H-pyrrole nitrogens is 1. The van der Waals surface area contributed by atoms with E-state index in [2.05, 4.69) is 39.2 Å². The van der Waals surface area contributed by atoms with Crippen molar-refractivity contribution >= 4 is 18.0 Å². The second kappa shape index (κ2) is 7.29. The van der Waals surface area contributed by atoms with Gasteiger partial charge in [-0.05, 0) is 38.3 Å². The maximum absolute atomic E-state index is 4.88. The standard InChI is InChI=1S/C10H19N5S/c1-3-15(4-2)7-5-6-11-9-8-12-14-10(16)13-9/h8H,3-7H2,1-2H3,(H2,11,13,14,16). The Morgan fingerprint density at radius 1 is 1.44 bits per heavy atom. The molecule has 0 bridgehead atoms. The van der Waals surface area contributed by atoms with Gasteiger partial charge in [0.1, 0.15) is 5.82 Å². The molecule has 0 aromatic carbocycles. The van der Waals surface area contributed by atoms with E-state index < -0.39 is 0 Å². The van der Waals surface area contributed by atoms with E-state index in [1.165, 1.54) is 0 Å². The minimum atomic E-state index is 0.411. The quantitative estimate of drug-likeness (QED) is 0.562. The Labute approximate surface area is 101 Å². The third-order valence-electron chi connectivity index (χ3n) is 2.42. The molecule has 1 aromatic heterocycles. The Morgan fingerprint density at radius 3 is 2.81 bits per heavy atom. The van der Waals surface area contributed by atoms with Gasteiger partial charge in [0.2, 0.25) is 4.77 Å². The molecule has 16 heavy (non-hydrogen) atoms. The van der Waals surface area contributed by atoms with Crippen molar-refractivity contribution in [2.24, 2.45) is 0 Å². The molecule has 1 rings (SSSR count). The molecule has 0 saturated carbocycles. The summed E-state index contributed by atoms with van der Waals surface area (Å²) in [4.78, 5) is 6.50. The second-order valence-electron chi connectivity index (χ2n) is 3.48. The predicted molar refractivity (Wildman–Crippen MR) is 68.1 cm³/mol. The number of hydrogen-bond acceptors (Lipinski definition) is 5. The van der Waals surface area contributed by atoms with Crippen LogP contribution in [-0.2, 0) is 0 Å². The molecule has 0 unspecified atom stereocenters. The minimum absolute atomic E-state index is 0.411. The van der Waals surface area contributed by atoms with E-state index in [0.717, 1.165) is 38.4 Å². The van der Waals surface area contributed by atoms with Crippen LogP contribution in [0.25, 0.3) is 0 Å². The Hall–Kier alpha value is -1.01. The molecule has 0 spiro atoms. The minimum Gasteiger partial charge on any atom is -0.369 e. The SMILES string of the molecule is CCN(CC)CCCNc1cn[nH]c(=S)n1. The van der Waals surface area contributed by atoms with Crippen LogP contribution in [0.5, 0.6) is 0 Å². The van der Waals surface area contributed by atoms with Crippen molar-refractivity contribution in [3.8, 4) is 0 Å². The first-order valence-electron chi connectivity index (χ1n) is 5.64. The van der Waals surface area contributed by atoms with Crippen LogP contribution in [0.4, 0.5) is 5.82 Å². The van der Waals surface area contributed by atoms with Gasteiger partial charge < -0.3 is 10.2 Å². The van der Waals surface area contributed by atoms with Crippen LogP contribution < -0.4 is 5.32 Å². The van der Waals surface area contributed by atoms with Crippen LogP contribution in [0.15, 0.2) is 6.20 Å². The first-order valence-corrected chi connectivity index (χ1v) is 6.05. The van der Waals surface area contributed by atoms with E-state index in [0.29, 0.717) is 4.77 Å². The van der Waals surface area contributed by atoms with Crippen LogP contribution in [-0.4, -0.2) is 46.3 Å². The molecule has 1 heterocycles. The third kappa shape index (κ3) is 4.67. The fraction of sp³-hybridized carbons (Fsp3) is 0.700. The zero-order chi connectivity index (χ0) is 11.8. The molecule has 90 valence electrons. The van der Waals surface area contributed by atoms with Gasteiger partial charge in [-0.3, -0.25) is 5.10 Å². The zero-order valence-electron chi connectivity index (χ0n) is 9.86. The van der Waals surface area contributed by atoms with Gasteiger partial charge in [0, 0.05) is 6.54 Å². The average Bonchev–Trinajstić information content (AvgIpc) is 2.29. The molecule has 0 saturated heterocycles. The van der Waals surface area contributed by atoms with Gasteiger partial charge in [0.05, 0.1) is 6.20 Å². The Morgan fingerprint density at radius 2 is 2.19 bits per heavy atom. The summed E-state index contributed by atoms with van der Waals surface area (Å²) in [6, 6.07) is 0. The largest absolute Gasteiger partial charge is 0.369 e. The van der Waals surface area contributed by atoms with Crippen molar-refractivity contribution in [3.05, 3.63) is 11.0 Å². The highest BCUT2D eigenvalue weighted by Crippen LogP contribution is 1.98. The van der Waals surface area contributed by atoms with E-state index in [4.69, 9.17) is 12.2 Å². The molecule has 0 aliphatic heterocycles. The van der Waals surface area contributed by atoms with Crippen LogP contribution in [0.3, 0.4) is 0 Å². The van der Waals surface area contributed by atoms with Gasteiger partial charge in [-0.1, -0.05) is 13.8 Å². The van der Waals surface area contributed by atoms with E-state index >= 15 is 0 Å². The predicted octanol–water partition coefficient (Wildman–Crippen LogP) is 1.68. The molecular weight excluding hydrogens is 222 g/mol. The van der Waals surface area contributed by atoms with Gasteiger partial charge in [-0.2, -0.15) is 5.10 Å². The maximum atomic E-state index is 4.88. The summed E-state index contributed by atoms with van der Waals surface area (Å²) < 4.78 is 0.411. The molecule has 0 radical (unpaired) electrons. The fourth-order valence-corrected chi connectivity index (χ4v) is 1.61. The molecule has 1 aromatic rings. The topological polar surface area (TPSA) is 56.8 Å². The lowest BCUT2D eigenvalue weighted by molar-refractivity contribution is 0.303. The molecule has 0 aliphatic rings. The van der Waals surface area contributed by atoms with Crippen molar-refractivity contribution in [2.75, 3.05) is 31.5 Å². The second-order valence-corrected chi connectivity index (χ2v) is 3.87. The molecular formula is C10H19N5S.